The first-order valence-electron chi connectivity index (χ1n) is 12.8. The minimum absolute atomic E-state index is 0.00994. The quantitative estimate of drug-likeness (QED) is 0.247. The molecule has 0 aliphatic carbocycles. The van der Waals surface area contributed by atoms with Gasteiger partial charge in [-0.15, -0.1) is 5.10 Å². The molecule has 5 rings (SSSR count). The lowest BCUT2D eigenvalue weighted by molar-refractivity contribution is -0.137. The van der Waals surface area contributed by atoms with Gasteiger partial charge in [0, 0.05) is 24.7 Å². The van der Waals surface area contributed by atoms with E-state index in [0.717, 1.165) is 11.8 Å². The van der Waals surface area contributed by atoms with Gasteiger partial charge in [0.15, 0.2) is 9.84 Å². The summed E-state index contributed by atoms with van der Waals surface area (Å²) in [6.07, 6.45) is 4.20. The van der Waals surface area contributed by atoms with E-state index in [2.05, 4.69) is 10.3 Å². The molecule has 5 aromatic rings. The number of rotatable bonds is 10. The molecule has 10 nitrogen and oxygen atoms in total. The largest absolute Gasteiger partial charge is 0.481 e. The van der Waals surface area contributed by atoms with Crippen LogP contribution in [0.2, 0.25) is 0 Å². The molecule has 0 bridgehead atoms. The number of carboxylic acid groups (broad SMARTS) is 1. The number of fused-ring (bicyclic) bond motifs is 1. The van der Waals surface area contributed by atoms with Gasteiger partial charge in [0.05, 0.1) is 34.2 Å². The zero-order chi connectivity index (χ0) is 29.1. The Morgan fingerprint density at radius 1 is 1.00 bits per heavy atom. The van der Waals surface area contributed by atoms with Crippen LogP contribution < -0.4 is 5.56 Å². The van der Waals surface area contributed by atoms with Crippen LogP contribution in [0, 0.1) is 5.82 Å². The minimum atomic E-state index is -3.28. The third-order valence-electron chi connectivity index (χ3n) is 6.60. The zero-order valence-corrected chi connectivity index (χ0v) is 22.9. The number of nitrogens with zero attached hydrogens (tertiary/aromatic N) is 5. The molecule has 0 radical (unpaired) electrons. The summed E-state index contributed by atoms with van der Waals surface area (Å²) in [5.74, 6) is -0.879. The van der Waals surface area contributed by atoms with Gasteiger partial charge in [-0.3, -0.25) is 14.2 Å². The highest BCUT2D eigenvalue weighted by molar-refractivity contribution is 7.90. The molecule has 2 heterocycles. The first-order chi connectivity index (χ1) is 19.6. The van der Waals surface area contributed by atoms with Crippen molar-refractivity contribution < 1.29 is 22.7 Å². The number of aliphatic carboxylic acids is 1. The van der Waals surface area contributed by atoms with Gasteiger partial charge in [0.25, 0.3) is 5.56 Å². The number of benzene rings is 3. The molecule has 0 atom stereocenters. The van der Waals surface area contributed by atoms with E-state index in [1.54, 1.807) is 53.3 Å². The van der Waals surface area contributed by atoms with Crippen molar-refractivity contribution in [2.45, 2.75) is 37.1 Å². The summed E-state index contributed by atoms with van der Waals surface area (Å²) in [5.41, 5.74) is 2.71. The fraction of sp³-hybridized carbons (Fsp3) is 0.207. The van der Waals surface area contributed by atoms with E-state index in [1.165, 1.54) is 28.8 Å². The molecule has 0 spiro atoms. The van der Waals surface area contributed by atoms with Gasteiger partial charge in [-0.1, -0.05) is 23.4 Å². The topological polar surface area (TPSA) is 137 Å². The Hall–Kier alpha value is -4.71. The van der Waals surface area contributed by atoms with E-state index in [4.69, 9.17) is 10.1 Å². The van der Waals surface area contributed by atoms with E-state index >= 15 is 0 Å². The van der Waals surface area contributed by atoms with Crippen LogP contribution in [0.5, 0.6) is 0 Å². The summed E-state index contributed by atoms with van der Waals surface area (Å²) in [6.45, 7) is 0.381. The van der Waals surface area contributed by atoms with E-state index in [9.17, 15) is 22.4 Å². The van der Waals surface area contributed by atoms with E-state index in [0.29, 0.717) is 59.5 Å². The van der Waals surface area contributed by atoms with Crippen LogP contribution in [-0.2, 0) is 27.6 Å². The van der Waals surface area contributed by atoms with Gasteiger partial charge >= 0.3 is 5.97 Å². The van der Waals surface area contributed by atoms with Gasteiger partial charge in [-0.05, 0) is 66.9 Å². The molecular weight excluding hydrogens is 549 g/mol. The highest BCUT2D eigenvalue weighted by Crippen LogP contribution is 2.23. The van der Waals surface area contributed by atoms with E-state index < -0.39 is 21.6 Å². The molecular formula is C29H26FN5O5S. The highest BCUT2D eigenvalue weighted by Gasteiger charge is 2.15. The summed E-state index contributed by atoms with van der Waals surface area (Å²) < 4.78 is 40.0. The Balaban J connectivity index is 1.46. The smallest absolute Gasteiger partial charge is 0.303 e. The number of aryl methyl sites for hydroxylation is 1. The fourth-order valence-electron chi connectivity index (χ4n) is 4.51. The summed E-state index contributed by atoms with van der Waals surface area (Å²) in [5, 5.41) is 17.8. The average Bonchev–Trinajstić information content (AvgIpc) is 3.40. The number of carbonyl (C=O) groups is 1. The Morgan fingerprint density at radius 2 is 1.73 bits per heavy atom. The fourth-order valence-corrected chi connectivity index (χ4v) is 5.14. The molecule has 1 N–H and O–H groups in total. The van der Waals surface area contributed by atoms with Gasteiger partial charge in [0.2, 0.25) is 0 Å². The monoisotopic (exact) mass is 575 g/mol. The number of halogens is 1. The van der Waals surface area contributed by atoms with Crippen molar-refractivity contribution in [3.05, 3.63) is 100 Å². The molecule has 0 aliphatic rings. The molecule has 210 valence electrons. The Morgan fingerprint density at radius 3 is 2.41 bits per heavy atom. The van der Waals surface area contributed by atoms with Crippen LogP contribution in [0.3, 0.4) is 0 Å². The standard InChI is InChI=1S/C29H26FN5O5S/c1-41(39,40)23-13-6-19(7-14-23)17-34-18-26(32-33-34)20-8-15-24-25(16-20)31-27(4-2-3-5-28(36)37)35(29(24)38)22-11-9-21(30)10-12-22/h6-16,18H,2-5,17H2,1H3,(H,36,37). The number of sulfone groups is 1. The van der Waals surface area contributed by atoms with E-state index in [1.807, 2.05) is 0 Å². The maximum Gasteiger partial charge on any atom is 0.303 e. The molecule has 0 saturated carbocycles. The summed E-state index contributed by atoms with van der Waals surface area (Å²) in [7, 11) is -3.28. The zero-order valence-electron chi connectivity index (χ0n) is 22.1. The number of carboxylic acids is 1. The van der Waals surface area contributed by atoms with Gasteiger partial charge < -0.3 is 5.11 Å². The number of hydrogen-bond donors (Lipinski definition) is 1. The third-order valence-corrected chi connectivity index (χ3v) is 7.72. The summed E-state index contributed by atoms with van der Waals surface area (Å²) in [4.78, 5) is 29.5. The normalized spacial score (nSPS) is 11.7. The van der Waals surface area contributed by atoms with Crippen molar-refractivity contribution in [2.24, 2.45) is 0 Å². The summed E-state index contributed by atoms with van der Waals surface area (Å²) >= 11 is 0. The van der Waals surface area contributed by atoms with Gasteiger partial charge in [0.1, 0.15) is 17.3 Å². The average molecular weight is 576 g/mol. The molecule has 41 heavy (non-hydrogen) atoms. The molecule has 3 aromatic carbocycles. The Labute approximate surface area is 234 Å². The lowest BCUT2D eigenvalue weighted by Gasteiger charge is -2.14. The van der Waals surface area contributed by atoms with Crippen LogP contribution in [0.4, 0.5) is 4.39 Å². The van der Waals surface area contributed by atoms with Crippen molar-refractivity contribution in [1.82, 2.24) is 24.5 Å². The highest BCUT2D eigenvalue weighted by atomic mass is 32.2. The number of unbranched alkanes of at least 4 members (excludes halogenated alkanes) is 1. The molecule has 0 amide bonds. The van der Waals surface area contributed by atoms with Gasteiger partial charge in [-0.2, -0.15) is 0 Å². The Kier molecular flexibility index (Phi) is 7.75. The molecule has 2 aromatic heterocycles. The van der Waals surface area contributed by atoms with Crippen LogP contribution in [0.15, 0.2) is 82.6 Å². The molecule has 0 saturated heterocycles. The lowest BCUT2D eigenvalue weighted by atomic mass is 10.1. The predicted molar refractivity (Wildman–Crippen MR) is 150 cm³/mol. The second-order valence-electron chi connectivity index (χ2n) is 9.70. The van der Waals surface area contributed by atoms with Crippen molar-refractivity contribution in [1.29, 1.82) is 0 Å². The van der Waals surface area contributed by atoms with Crippen molar-refractivity contribution in [3.63, 3.8) is 0 Å². The molecule has 0 fully saturated rings. The molecule has 12 heteroatoms. The first-order valence-corrected chi connectivity index (χ1v) is 14.7. The lowest BCUT2D eigenvalue weighted by Crippen LogP contribution is -2.24. The molecule has 0 aliphatic heterocycles. The third kappa shape index (κ3) is 6.38. The van der Waals surface area contributed by atoms with Crippen LogP contribution in [0.1, 0.15) is 30.7 Å². The van der Waals surface area contributed by atoms with Crippen molar-refractivity contribution in [3.8, 4) is 16.9 Å². The van der Waals surface area contributed by atoms with Gasteiger partial charge in [-0.25, -0.2) is 22.5 Å². The maximum atomic E-state index is 13.6. The van der Waals surface area contributed by atoms with E-state index in [-0.39, 0.29) is 16.9 Å². The van der Waals surface area contributed by atoms with Crippen LogP contribution in [-0.4, -0.2) is 50.3 Å². The van der Waals surface area contributed by atoms with Crippen LogP contribution >= 0.6 is 0 Å². The van der Waals surface area contributed by atoms with Crippen molar-refractivity contribution in [2.75, 3.05) is 6.26 Å². The molecule has 0 unspecified atom stereocenters. The van der Waals surface area contributed by atoms with Crippen LogP contribution in [0.25, 0.3) is 27.8 Å². The predicted octanol–water partition coefficient (Wildman–Crippen LogP) is 4.03. The number of hydrogen-bond acceptors (Lipinski definition) is 7. The maximum absolute atomic E-state index is 13.6. The Bertz CT molecular complexity index is 1900. The second-order valence-corrected chi connectivity index (χ2v) is 11.7. The van der Waals surface area contributed by atoms with Crippen molar-refractivity contribution >= 4 is 26.7 Å². The minimum Gasteiger partial charge on any atom is -0.481 e. The second kappa shape index (κ2) is 11.4. The summed E-state index contributed by atoms with van der Waals surface area (Å²) in [6, 6.07) is 17.3. The number of aromatic nitrogens is 5. The SMILES string of the molecule is CS(=O)(=O)c1ccc(Cn2cc(-c3ccc4c(=O)n(-c5ccc(F)cc5)c(CCCCC(=O)O)nc4c3)nn2)cc1. The first kappa shape index (κ1) is 27.8.